The molecule has 0 aliphatic carbocycles. The molecular weight excluding hydrogens is 196 g/mol. The molecule has 14 heavy (non-hydrogen) atoms. The van der Waals surface area contributed by atoms with E-state index in [0.29, 0.717) is 5.13 Å². The van der Waals surface area contributed by atoms with E-state index in [4.69, 9.17) is 5.73 Å². The van der Waals surface area contributed by atoms with Gasteiger partial charge in [0.25, 0.3) is 0 Å². The monoisotopic (exact) mass is 208 g/mol. The second kappa shape index (κ2) is 3.42. The van der Waals surface area contributed by atoms with Gasteiger partial charge in [0.15, 0.2) is 5.13 Å². The topological polar surface area (TPSA) is 56.7 Å². The molecule has 0 aromatic carbocycles. The van der Waals surface area contributed by atoms with Gasteiger partial charge in [0, 0.05) is 16.8 Å². The quantitative estimate of drug-likeness (QED) is 0.815. The summed E-state index contributed by atoms with van der Waals surface area (Å²) in [6, 6.07) is 2.06. The maximum Gasteiger partial charge on any atom is 0.180 e. The third-order valence-corrected chi connectivity index (χ3v) is 2.79. The van der Waals surface area contributed by atoms with Crippen LogP contribution in [0.5, 0.6) is 0 Å². The van der Waals surface area contributed by atoms with Crippen LogP contribution in [0, 0.1) is 13.8 Å². The molecular formula is C9H12N4S. The molecule has 0 aliphatic rings. The van der Waals surface area contributed by atoms with E-state index in [2.05, 4.69) is 16.1 Å². The minimum atomic E-state index is 0.613. The van der Waals surface area contributed by atoms with Crippen molar-refractivity contribution in [1.82, 2.24) is 14.8 Å². The van der Waals surface area contributed by atoms with Crippen LogP contribution in [0.1, 0.15) is 16.3 Å². The van der Waals surface area contributed by atoms with Gasteiger partial charge in [-0.3, -0.25) is 4.68 Å². The number of nitrogen functional groups attached to an aromatic ring is 1. The Hall–Kier alpha value is -1.36. The number of aryl methyl sites for hydroxylation is 2. The molecule has 0 aliphatic heterocycles. The van der Waals surface area contributed by atoms with Crippen molar-refractivity contribution in [2.75, 3.05) is 5.73 Å². The SMILES string of the molecule is Cc1cc(C)n(Cc2cnc(N)s2)n1. The summed E-state index contributed by atoms with van der Waals surface area (Å²) < 4.78 is 1.96. The van der Waals surface area contributed by atoms with Gasteiger partial charge < -0.3 is 5.73 Å². The van der Waals surface area contributed by atoms with Gasteiger partial charge in [0.1, 0.15) is 0 Å². The van der Waals surface area contributed by atoms with Crippen LogP contribution in [0.25, 0.3) is 0 Å². The zero-order valence-electron chi connectivity index (χ0n) is 8.19. The maximum absolute atomic E-state index is 5.55. The predicted octanol–water partition coefficient (Wildman–Crippen LogP) is 1.59. The Balaban J connectivity index is 2.22. The van der Waals surface area contributed by atoms with Crippen molar-refractivity contribution in [2.24, 2.45) is 0 Å². The third-order valence-electron chi connectivity index (χ3n) is 1.98. The van der Waals surface area contributed by atoms with Crippen molar-refractivity contribution < 1.29 is 0 Å². The summed E-state index contributed by atoms with van der Waals surface area (Å²) in [5.41, 5.74) is 7.76. The van der Waals surface area contributed by atoms with E-state index in [-0.39, 0.29) is 0 Å². The highest BCUT2D eigenvalue weighted by molar-refractivity contribution is 7.15. The molecule has 2 N–H and O–H groups in total. The summed E-state index contributed by atoms with van der Waals surface area (Å²) in [5.74, 6) is 0. The molecule has 0 atom stereocenters. The number of hydrogen-bond acceptors (Lipinski definition) is 4. The number of nitrogens with zero attached hydrogens (tertiary/aromatic N) is 3. The number of anilines is 1. The molecule has 2 aromatic heterocycles. The van der Waals surface area contributed by atoms with Gasteiger partial charge in [-0.2, -0.15) is 5.10 Å². The van der Waals surface area contributed by atoms with Crippen LogP contribution in [-0.4, -0.2) is 14.8 Å². The Bertz CT molecular complexity index is 443. The normalized spacial score (nSPS) is 10.7. The molecule has 0 saturated heterocycles. The summed E-state index contributed by atoms with van der Waals surface area (Å²) in [6.45, 7) is 4.80. The Morgan fingerprint density at radius 1 is 1.50 bits per heavy atom. The van der Waals surface area contributed by atoms with Gasteiger partial charge in [0.05, 0.1) is 12.2 Å². The van der Waals surface area contributed by atoms with E-state index in [1.165, 1.54) is 11.3 Å². The molecule has 2 rings (SSSR count). The highest BCUT2D eigenvalue weighted by Gasteiger charge is 2.04. The molecule has 0 saturated carbocycles. The van der Waals surface area contributed by atoms with Gasteiger partial charge in [-0.25, -0.2) is 4.98 Å². The van der Waals surface area contributed by atoms with Crippen LogP contribution in [0.2, 0.25) is 0 Å². The van der Waals surface area contributed by atoms with Crippen LogP contribution in [0.15, 0.2) is 12.3 Å². The standard InChI is InChI=1S/C9H12N4S/c1-6-3-7(2)13(12-6)5-8-4-11-9(10)14-8/h3-4H,5H2,1-2H3,(H2,10,11). The van der Waals surface area contributed by atoms with E-state index in [1.807, 2.05) is 18.5 Å². The van der Waals surface area contributed by atoms with Crippen molar-refractivity contribution in [3.8, 4) is 0 Å². The molecule has 0 amide bonds. The first-order chi connectivity index (χ1) is 6.65. The summed E-state index contributed by atoms with van der Waals surface area (Å²) in [4.78, 5) is 5.14. The Kier molecular flexibility index (Phi) is 2.25. The minimum absolute atomic E-state index is 0.613. The zero-order chi connectivity index (χ0) is 10.1. The lowest BCUT2D eigenvalue weighted by atomic mass is 10.4. The second-order valence-electron chi connectivity index (χ2n) is 3.25. The summed E-state index contributed by atoms with van der Waals surface area (Å²) in [6.07, 6.45) is 1.80. The average molecular weight is 208 g/mol. The molecule has 4 nitrogen and oxygen atoms in total. The molecule has 2 heterocycles. The summed E-state index contributed by atoms with van der Waals surface area (Å²) in [7, 11) is 0. The highest BCUT2D eigenvalue weighted by atomic mass is 32.1. The number of nitrogens with two attached hydrogens (primary N) is 1. The first kappa shape index (κ1) is 9.21. The van der Waals surface area contributed by atoms with Crippen LogP contribution in [0.4, 0.5) is 5.13 Å². The number of aromatic nitrogens is 3. The molecule has 0 radical (unpaired) electrons. The lowest BCUT2D eigenvalue weighted by Crippen LogP contribution is -2.02. The van der Waals surface area contributed by atoms with Crippen molar-refractivity contribution in [3.05, 3.63) is 28.5 Å². The van der Waals surface area contributed by atoms with Crippen LogP contribution >= 0.6 is 11.3 Å². The zero-order valence-corrected chi connectivity index (χ0v) is 9.01. The predicted molar refractivity (Wildman–Crippen MR) is 57.3 cm³/mol. The van der Waals surface area contributed by atoms with Gasteiger partial charge in [-0.05, 0) is 19.9 Å². The smallest absolute Gasteiger partial charge is 0.180 e. The lowest BCUT2D eigenvalue weighted by molar-refractivity contribution is 0.665. The van der Waals surface area contributed by atoms with Gasteiger partial charge >= 0.3 is 0 Å². The van der Waals surface area contributed by atoms with Crippen molar-refractivity contribution in [3.63, 3.8) is 0 Å². The van der Waals surface area contributed by atoms with Gasteiger partial charge in [0.2, 0.25) is 0 Å². The van der Waals surface area contributed by atoms with Gasteiger partial charge in [-0.1, -0.05) is 0 Å². The molecule has 74 valence electrons. The molecule has 0 fully saturated rings. The highest BCUT2D eigenvalue weighted by Crippen LogP contribution is 2.16. The Morgan fingerprint density at radius 2 is 2.29 bits per heavy atom. The van der Waals surface area contributed by atoms with Crippen LogP contribution < -0.4 is 5.73 Å². The summed E-state index contributed by atoms with van der Waals surface area (Å²) in [5, 5.41) is 4.98. The minimum Gasteiger partial charge on any atom is -0.375 e. The van der Waals surface area contributed by atoms with Gasteiger partial charge in [-0.15, -0.1) is 11.3 Å². The average Bonchev–Trinajstić information content (AvgIpc) is 2.61. The fraction of sp³-hybridized carbons (Fsp3) is 0.333. The van der Waals surface area contributed by atoms with E-state index in [9.17, 15) is 0 Å². The number of rotatable bonds is 2. The van der Waals surface area contributed by atoms with E-state index < -0.39 is 0 Å². The first-order valence-electron chi connectivity index (χ1n) is 4.36. The van der Waals surface area contributed by atoms with E-state index in [1.54, 1.807) is 6.20 Å². The molecule has 0 unspecified atom stereocenters. The molecule has 5 heteroatoms. The first-order valence-corrected chi connectivity index (χ1v) is 5.18. The van der Waals surface area contributed by atoms with Crippen LogP contribution in [0.3, 0.4) is 0 Å². The van der Waals surface area contributed by atoms with E-state index in [0.717, 1.165) is 22.8 Å². The van der Waals surface area contributed by atoms with Crippen LogP contribution in [-0.2, 0) is 6.54 Å². The fourth-order valence-corrected chi connectivity index (χ4v) is 2.04. The number of hydrogen-bond donors (Lipinski definition) is 1. The van der Waals surface area contributed by atoms with Crippen molar-refractivity contribution in [1.29, 1.82) is 0 Å². The Morgan fingerprint density at radius 3 is 2.79 bits per heavy atom. The number of thiazole rings is 1. The molecule has 2 aromatic rings. The molecule has 0 bridgehead atoms. The second-order valence-corrected chi connectivity index (χ2v) is 4.40. The lowest BCUT2D eigenvalue weighted by Gasteiger charge is -2.00. The fourth-order valence-electron chi connectivity index (χ4n) is 1.38. The Labute approximate surface area is 86.4 Å². The van der Waals surface area contributed by atoms with Crippen molar-refractivity contribution >= 4 is 16.5 Å². The van der Waals surface area contributed by atoms with Crippen molar-refractivity contribution in [2.45, 2.75) is 20.4 Å². The molecule has 0 spiro atoms. The maximum atomic E-state index is 5.55. The summed E-state index contributed by atoms with van der Waals surface area (Å²) >= 11 is 1.51. The van der Waals surface area contributed by atoms with E-state index >= 15 is 0 Å². The largest absolute Gasteiger partial charge is 0.375 e. The third kappa shape index (κ3) is 1.77.